The number of nitriles is 1. The Morgan fingerprint density at radius 3 is 1.12 bits per heavy atom. The second-order valence-electron chi connectivity index (χ2n) is 33.4. The summed E-state index contributed by atoms with van der Waals surface area (Å²) >= 11 is 6.14. The first-order valence-corrected chi connectivity index (χ1v) is 43.5. The van der Waals surface area contributed by atoms with Crippen molar-refractivity contribution in [2.75, 3.05) is 0 Å². The van der Waals surface area contributed by atoms with Gasteiger partial charge in [0.15, 0.2) is 11.5 Å². The van der Waals surface area contributed by atoms with E-state index in [4.69, 9.17) is 50.6 Å². The van der Waals surface area contributed by atoms with Gasteiger partial charge in [0.1, 0.15) is 11.6 Å². The van der Waals surface area contributed by atoms with E-state index in [-0.39, 0.29) is 52.8 Å². The number of benzene rings is 17. The van der Waals surface area contributed by atoms with Crippen molar-refractivity contribution >= 4 is 128 Å². The molecule has 0 amide bonds. The van der Waals surface area contributed by atoms with Gasteiger partial charge in [-0.15, -0.1) is 0 Å². The Balaban J connectivity index is 0.000000136. The molecule has 1 aliphatic heterocycles. The molecule has 0 bridgehead atoms. The smallest absolute Gasteiger partial charge is 1.00 e. The Bertz CT molecular complexity index is 8400. The van der Waals surface area contributed by atoms with Crippen LogP contribution in [-0.4, -0.2) is 46.6 Å². The van der Waals surface area contributed by atoms with Crippen molar-refractivity contribution in [1.29, 1.82) is 5.26 Å². The molecule has 15 heteroatoms. The van der Waals surface area contributed by atoms with Gasteiger partial charge in [-0.2, -0.15) is 5.26 Å². The fourth-order valence-corrected chi connectivity index (χ4v) is 18.5. The van der Waals surface area contributed by atoms with Crippen molar-refractivity contribution in [3.8, 4) is 107 Å². The van der Waals surface area contributed by atoms with Crippen LogP contribution in [0.25, 0.3) is 203 Å². The van der Waals surface area contributed by atoms with Crippen LogP contribution in [0.15, 0.2) is 400 Å². The van der Waals surface area contributed by atoms with Gasteiger partial charge in [0.2, 0.25) is 11.4 Å². The second kappa shape index (κ2) is 35.2. The number of rotatable bonds is 12. The molecule has 17 aromatic carbocycles. The third-order valence-electron chi connectivity index (χ3n) is 25.3. The predicted octanol–water partition coefficient (Wildman–Crippen LogP) is 27.5. The van der Waals surface area contributed by atoms with Crippen LogP contribution in [0, 0.1) is 31.0 Å². The van der Waals surface area contributed by atoms with Gasteiger partial charge in [0.25, 0.3) is 0 Å². The van der Waals surface area contributed by atoms with Crippen molar-refractivity contribution in [2.45, 2.75) is 38.9 Å². The zero-order valence-corrected chi connectivity index (χ0v) is 76.2. The summed E-state index contributed by atoms with van der Waals surface area (Å²) < 4.78 is 22.4. The molecule has 616 valence electrons. The summed E-state index contributed by atoms with van der Waals surface area (Å²) in [4.78, 5) is 21.4. The molecule has 5 aromatic heterocycles. The van der Waals surface area contributed by atoms with Gasteiger partial charge in [-0.25, -0.2) is 24.5 Å². The SMILES string of the molecule is CC1(C)OB(c2ccc3c(c2)c2cc4c(cc2n3-c2ccccc2)c2ccccc2n4-c2ccccc2)OC1(C)C.[C-]#[N+]c1cc(-c2cc(-c3ccccc3)cc(-c3ccccc3)c2[N+]#[C-])ccc1Cl.[C-]#[N+]c1cc(-c2nc(-c3ccccc3)nc(-c3ccccc3)c2C#N)ccc1-c1ccc2c(c1)c1cc3c(cc1n2-c1ccccc1)c1ccccc1n3-c1ccccc1.[H-].[K+]. The first kappa shape index (κ1) is 84.1. The third kappa shape index (κ3) is 15.2. The van der Waals surface area contributed by atoms with Crippen molar-refractivity contribution in [3.63, 3.8) is 0 Å². The normalized spacial score (nSPS) is 12.6. The number of nitrogens with zero attached hydrogens (tertiary/aromatic N) is 10. The number of hydrogen-bond donors (Lipinski definition) is 0. The van der Waals surface area contributed by atoms with E-state index < -0.39 is 18.3 Å². The molecule has 23 rings (SSSR count). The van der Waals surface area contributed by atoms with Crippen LogP contribution in [0.3, 0.4) is 0 Å². The van der Waals surface area contributed by atoms with Gasteiger partial charge < -0.3 is 29.0 Å². The largest absolute Gasteiger partial charge is 1.00 e. The van der Waals surface area contributed by atoms with Gasteiger partial charge >= 0.3 is 58.5 Å². The molecule has 0 aliphatic carbocycles. The Hall–Kier alpha value is -15.1. The molecule has 1 fully saturated rings. The molecule has 12 nitrogen and oxygen atoms in total. The molecule has 22 aromatic rings. The topological polar surface area (TPSA) is 101 Å². The first-order valence-electron chi connectivity index (χ1n) is 43.1. The van der Waals surface area contributed by atoms with E-state index >= 15 is 0 Å². The average Bonchev–Trinajstić information content (AvgIpc) is 1.56. The number of halogens is 1. The van der Waals surface area contributed by atoms with Crippen LogP contribution in [0.2, 0.25) is 5.02 Å². The summed E-state index contributed by atoms with van der Waals surface area (Å²) in [5, 5.41) is 20.5. The molecule has 1 aliphatic rings. The summed E-state index contributed by atoms with van der Waals surface area (Å²) in [5.41, 5.74) is 26.3. The summed E-state index contributed by atoms with van der Waals surface area (Å²) in [7, 11) is -0.418. The molecular formula is C116H79BClKN10O2. The monoisotopic (exact) mass is 1730 g/mol. The van der Waals surface area contributed by atoms with Crippen LogP contribution in [0.5, 0.6) is 0 Å². The molecule has 0 radical (unpaired) electrons. The average molecular weight is 1730 g/mol. The minimum atomic E-state index is -0.418. The summed E-state index contributed by atoms with van der Waals surface area (Å²) in [6.45, 7) is 32.1. The van der Waals surface area contributed by atoms with E-state index in [0.29, 0.717) is 50.4 Å². The van der Waals surface area contributed by atoms with Crippen LogP contribution in [0.1, 0.15) is 34.7 Å². The van der Waals surface area contributed by atoms with E-state index in [1.54, 1.807) is 12.1 Å². The zero-order chi connectivity index (χ0) is 88.3. The summed E-state index contributed by atoms with van der Waals surface area (Å²) in [6.07, 6.45) is 0. The van der Waals surface area contributed by atoms with Crippen molar-refractivity contribution in [2.24, 2.45) is 0 Å². The maximum Gasteiger partial charge on any atom is 1.00 e. The molecule has 0 N–H and O–H groups in total. The van der Waals surface area contributed by atoms with Crippen LogP contribution >= 0.6 is 11.6 Å². The Morgan fingerprint density at radius 1 is 0.313 bits per heavy atom. The van der Waals surface area contributed by atoms with Crippen LogP contribution in [-0.2, 0) is 9.31 Å². The predicted molar refractivity (Wildman–Crippen MR) is 536 cm³/mol. The fourth-order valence-electron chi connectivity index (χ4n) is 18.4. The van der Waals surface area contributed by atoms with Gasteiger partial charge in [-0.1, -0.05) is 297 Å². The Labute approximate surface area is 807 Å². The van der Waals surface area contributed by atoms with E-state index in [1.807, 2.05) is 146 Å². The Kier molecular flexibility index (Phi) is 22.6. The molecule has 0 atom stereocenters. The fraction of sp³-hybridized carbons (Fsp3) is 0.0517. The molecule has 0 unspecified atom stereocenters. The zero-order valence-electron chi connectivity index (χ0n) is 73.3. The number of fused-ring (bicyclic) bond motifs is 12. The van der Waals surface area contributed by atoms with E-state index in [9.17, 15) is 5.26 Å². The minimum Gasteiger partial charge on any atom is -1.00 e. The quantitative estimate of drug-likeness (QED) is 0.0896. The second-order valence-corrected chi connectivity index (χ2v) is 33.8. The number of para-hydroxylation sites is 6. The van der Waals surface area contributed by atoms with E-state index in [1.165, 1.54) is 48.9 Å². The standard InChI is InChI=1S/C54H32N6.C36H31BN2O2.C26H15ClN2.K.H/c1-56-47-31-38(53-46(34-55)52(35-16-6-2-7-17-35)57-54(58-53)36-18-8-3-9-19-36)26-28-41(47)37-27-29-49-43(30-37)45-33-50-44(32-51(45)60(49)40-22-12-5-13-23-40)42-24-14-15-25-48(42)59(50)39-20-10-4-11-21-39;1-35(2)36(3,4)41-37(40-35)24-19-20-32-28(21-24)30-23-33-29(22-34(30)39(32)26-15-9-6-10-16-26)27-17-11-12-18-31(27)38(33)25-13-7-5-8-14-25;1-28-25-17-20(13-14-24(25)27)23-16-21(18-9-5-3-6-10-18)15-22(26(23)29-2)19-11-7-4-8-12-19;;/h2-33H;5-23H,1-4H3;3-17H;;/q;;;+1;-1. The maximum atomic E-state index is 10.6. The van der Waals surface area contributed by atoms with Crippen molar-refractivity contribution in [3.05, 3.63) is 445 Å². The number of aromatic nitrogens is 6. The van der Waals surface area contributed by atoms with Crippen molar-refractivity contribution < 1.29 is 62.1 Å². The Morgan fingerprint density at radius 2 is 0.664 bits per heavy atom. The first-order chi connectivity index (χ1) is 63.7. The molecule has 0 saturated carbocycles. The van der Waals surface area contributed by atoms with Gasteiger partial charge in [-0.05, 0) is 198 Å². The van der Waals surface area contributed by atoms with Gasteiger partial charge in [-0.3, -0.25) is 0 Å². The molecule has 1 saturated heterocycles. The maximum absolute atomic E-state index is 10.6. The summed E-state index contributed by atoms with van der Waals surface area (Å²) in [6, 6.07) is 139. The van der Waals surface area contributed by atoms with Gasteiger partial charge in [0, 0.05) is 82.0 Å². The number of hydrogen-bond acceptors (Lipinski definition) is 5. The summed E-state index contributed by atoms with van der Waals surface area (Å²) in [5.74, 6) is 0.512. The molecule has 131 heavy (non-hydrogen) atoms. The molecular weight excluding hydrogens is 1650 g/mol. The van der Waals surface area contributed by atoms with E-state index in [2.05, 4.69) is 309 Å². The van der Waals surface area contributed by atoms with Gasteiger partial charge in [0.05, 0.1) is 86.4 Å². The minimum absolute atomic E-state index is 0. The van der Waals surface area contributed by atoms with E-state index in [0.717, 1.165) is 122 Å². The molecule has 0 spiro atoms. The van der Waals surface area contributed by atoms with Crippen molar-refractivity contribution in [1.82, 2.24) is 28.2 Å². The van der Waals surface area contributed by atoms with Crippen LogP contribution < -0.4 is 56.8 Å². The molecule has 6 heterocycles. The van der Waals surface area contributed by atoms with Crippen LogP contribution in [0.4, 0.5) is 17.1 Å². The third-order valence-corrected chi connectivity index (χ3v) is 25.6.